The van der Waals surface area contributed by atoms with Crippen LogP contribution < -0.4 is 5.32 Å². The number of hydrogen-bond donors (Lipinski definition) is 1. The fourth-order valence-electron chi connectivity index (χ4n) is 2.56. The molecule has 1 fully saturated rings. The summed E-state index contributed by atoms with van der Waals surface area (Å²) in [6.45, 7) is 0.313. The number of carbonyl (C=O) groups excluding carboxylic acids is 6. The maximum atomic E-state index is 11.7. The zero-order valence-corrected chi connectivity index (χ0v) is 14.8. The highest BCUT2D eigenvalue weighted by Crippen LogP contribution is 2.11. The predicted octanol–water partition coefficient (Wildman–Crippen LogP) is -1.46. The molecule has 0 unspecified atom stereocenters. The van der Waals surface area contributed by atoms with Crippen LogP contribution in [-0.4, -0.2) is 78.0 Å². The van der Waals surface area contributed by atoms with E-state index in [1.165, 1.54) is 0 Å². The van der Waals surface area contributed by atoms with Gasteiger partial charge in [-0.2, -0.15) is 0 Å². The molecule has 0 atom stereocenters. The van der Waals surface area contributed by atoms with Crippen LogP contribution >= 0.6 is 0 Å². The summed E-state index contributed by atoms with van der Waals surface area (Å²) in [7, 11) is 0. The maximum absolute atomic E-state index is 11.7. The van der Waals surface area contributed by atoms with Gasteiger partial charge in [-0.25, -0.2) is 0 Å². The van der Waals surface area contributed by atoms with Gasteiger partial charge in [0.05, 0.1) is 19.8 Å². The number of nitrogens with one attached hydrogen (secondary N) is 1. The number of nitrogens with zero attached hydrogens (tertiary/aromatic N) is 2. The third kappa shape index (κ3) is 6.10. The van der Waals surface area contributed by atoms with E-state index in [-0.39, 0.29) is 82.0 Å². The van der Waals surface area contributed by atoms with E-state index in [1.807, 2.05) is 0 Å². The summed E-state index contributed by atoms with van der Waals surface area (Å²) in [4.78, 5) is 70.8. The number of likely N-dealkylation sites (tertiary alicyclic amines) is 1. The van der Waals surface area contributed by atoms with Gasteiger partial charge in [-0.15, -0.1) is 0 Å². The van der Waals surface area contributed by atoms with Crippen molar-refractivity contribution in [3.8, 4) is 0 Å². The molecule has 0 aromatic heterocycles. The van der Waals surface area contributed by atoms with Crippen molar-refractivity contribution in [3.63, 3.8) is 0 Å². The van der Waals surface area contributed by atoms with Gasteiger partial charge in [0.15, 0.2) is 5.78 Å². The number of ether oxygens (including phenoxy) is 1. The van der Waals surface area contributed by atoms with Gasteiger partial charge in [0.2, 0.25) is 17.7 Å². The van der Waals surface area contributed by atoms with E-state index in [0.717, 1.165) is 22.0 Å². The van der Waals surface area contributed by atoms with E-state index in [2.05, 4.69) is 5.32 Å². The normalized spacial score (nSPS) is 16.6. The Morgan fingerprint density at radius 1 is 0.926 bits per heavy atom. The van der Waals surface area contributed by atoms with Gasteiger partial charge < -0.3 is 10.1 Å². The topological polar surface area (TPSA) is 130 Å². The van der Waals surface area contributed by atoms with Crippen LogP contribution in [0.25, 0.3) is 0 Å². The Kier molecular flexibility index (Phi) is 7.35. The molecule has 27 heavy (non-hydrogen) atoms. The highest BCUT2D eigenvalue weighted by atomic mass is 16.5. The molecule has 10 heteroatoms. The first-order valence-electron chi connectivity index (χ1n) is 8.61. The molecule has 0 bridgehead atoms. The second-order valence-electron chi connectivity index (χ2n) is 6.04. The molecular formula is C17H21N3O7. The fourth-order valence-corrected chi connectivity index (χ4v) is 2.56. The summed E-state index contributed by atoms with van der Waals surface area (Å²) >= 11 is 0. The van der Waals surface area contributed by atoms with Crippen molar-refractivity contribution < 1.29 is 33.5 Å². The highest BCUT2D eigenvalue weighted by molar-refractivity contribution is 6.13. The van der Waals surface area contributed by atoms with Crippen molar-refractivity contribution in [2.24, 2.45) is 0 Å². The summed E-state index contributed by atoms with van der Waals surface area (Å²) in [6.07, 6.45) is 2.68. The molecule has 1 N–H and O–H groups in total. The van der Waals surface area contributed by atoms with Crippen LogP contribution in [0.15, 0.2) is 12.2 Å². The van der Waals surface area contributed by atoms with E-state index < -0.39 is 11.8 Å². The minimum absolute atomic E-state index is 0.00443. The zero-order chi connectivity index (χ0) is 19.8. The van der Waals surface area contributed by atoms with Crippen molar-refractivity contribution in [2.75, 3.05) is 32.8 Å². The van der Waals surface area contributed by atoms with Crippen LogP contribution in [0.4, 0.5) is 0 Å². The minimum Gasteiger partial charge on any atom is -0.379 e. The lowest BCUT2D eigenvalue weighted by Crippen LogP contribution is -2.35. The molecule has 2 heterocycles. The number of hydrogen-bond acceptors (Lipinski definition) is 7. The van der Waals surface area contributed by atoms with Crippen LogP contribution in [0.5, 0.6) is 0 Å². The lowest BCUT2D eigenvalue weighted by molar-refractivity contribution is -0.142. The van der Waals surface area contributed by atoms with Crippen LogP contribution in [0, 0.1) is 0 Å². The molecule has 2 rings (SSSR count). The maximum Gasteiger partial charge on any atom is 0.253 e. The van der Waals surface area contributed by atoms with Crippen molar-refractivity contribution in [3.05, 3.63) is 12.2 Å². The summed E-state index contributed by atoms with van der Waals surface area (Å²) in [5, 5.41) is 2.58. The average Bonchev–Trinajstić information content (AvgIpc) is 3.12. The number of carbonyl (C=O) groups is 6. The second kappa shape index (κ2) is 9.72. The summed E-state index contributed by atoms with van der Waals surface area (Å²) in [5.41, 5.74) is 0. The van der Waals surface area contributed by atoms with E-state index in [1.54, 1.807) is 0 Å². The van der Waals surface area contributed by atoms with Gasteiger partial charge in [0.1, 0.15) is 0 Å². The van der Waals surface area contributed by atoms with Gasteiger partial charge >= 0.3 is 0 Å². The Hall–Kier alpha value is -2.88. The van der Waals surface area contributed by atoms with Gasteiger partial charge in [-0.05, 0) is 0 Å². The van der Waals surface area contributed by atoms with Gasteiger partial charge in [-0.3, -0.25) is 38.6 Å². The number of ketones is 1. The van der Waals surface area contributed by atoms with Crippen LogP contribution in [0.2, 0.25) is 0 Å². The first-order valence-corrected chi connectivity index (χ1v) is 8.61. The molecule has 146 valence electrons. The predicted molar refractivity (Wildman–Crippen MR) is 89.9 cm³/mol. The number of imide groups is 2. The fraction of sp³-hybridized carbons (Fsp3) is 0.529. The Morgan fingerprint density at radius 2 is 1.56 bits per heavy atom. The Bertz CT molecular complexity index is 652. The van der Waals surface area contributed by atoms with Gasteiger partial charge in [-0.1, -0.05) is 0 Å². The van der Waals surface area contributed by atoms with Crippen molar-refractivity contribution >= 4 is 35.3 Å². The second-order valence-corrected chi connectivity index (χ2v) is 6.04. The molecular weight excluding hydrogens is 358 g/mol. The molecule has 5 amide bonds. The summed E-state index contributed by atoms with van der Waals surface area (Å²) < 4.78 is 5.23. The monoisotopic (exact) mass is 379 g/mol. The molecule has 0 aromatic rings. The van der Waals surface area contributed by atoms with Crippen LogP contribution in [-0.2, 0) is 33.5 Å². The molecule has 1 saturated heterocycles. The zero-order valence-electron chi connectivity index (χ0n) is 14.8. The smallest absolute Gasteiger partial charge is 0.253 e. The number of rotatable bonds is 11. The number of amides is 5. The first kappa shape index (κ1) is 20.4. The van der Waals surface area contributed by atoms with E-state index in [0.29, 0.717) is 0 Å². The van der Waals surface area contributed by atoms with E-state index in [4.69, 9.17) is 4.74 Å². The highest BCUT2D eigenvalue weighted by Gasteiger charge is 2.30. The molecule has 0 spiro atoms. The van der Waals surface area contributed by atoms with Crippen LogP contribution in [0.3, 0.4) is 0 Å². The number of Topliss-reactive ketones (excluding diaryl/α,β-unsaturated/α-hetero) is 1. The third-order valence-corrected chi connectivity index (χ3v) is 4.05. The molecule has 10 nitrogen and oxygen atoms in total. The molecule has 0 saturated carbocycles. The standard InChI is InChI=1S/C17H21N3O7/c21-12(11-20-16(25)3-4-17(20)26)6-9-27-10-7-18-13(22)5-8-19-14(23)1-2-15(19)24/h1-2H,3-11H2,(H,18,22). The SMILES string of the molecule is O=C(CCOCCNC(=O)CCN1C(=O)C=CC1=O)CN1C(=O)CCC1=O. The van der Waals surface area contributed by atoms with Crippen molar-refractivity contribution in [1.82, 2.24) is 15.1 Å². The lowest BCUT2D eigenvalue weighted by atomic mass is 10.3. The van der Waals surface area contributed by atoms with E-state index in [9.17, 15) is 28.8 Å². The Balaban J connectivity index is 1.49. The van der Waals surface area contributed by atoms with Crippen molar-refractivity contribution in [1.29, 1.82) is 0 Å². The Morgan fingerprint density at radius 3 is 2.19 bits per heavy atom. The molecule has 2 aliphatic heterocycles. The van der Waals surface area contributed by atoms with Gasteiger partial charge in [0.25, 0.3) is 11.8 Å². The molecule has 2 aliphatic rings. The van der Waals surface area contributed by atoms with Crippen molar-refractivity contribution in [2.45, 2.75) is 25.7 Å². The summed E-state index contributed by atoms with van der Waals surface area (Å²) in [5.74, 6) is -2.11. The van der Waals surface area contributed by atoms with E-state index >= 15 is 0 Å². The summed E-state index contributed by atoms with van der Waals surface area (Å²) in [6, 6.07) is 0. The van der Waals surface area contributed by atoms with Gasteiger partial charge in [0, 0.05) is 50.9 Å². The Labute approximate surface area is 155 Å². The first-order chi connectivity index (χ1) is 12.9. The van der Waals surface area contributed by atoms with Crippen LogP contribution in [0.1, 0.15) is 25.7 Å². The third-order valence-electron chi connectivity index (χ3n) is 4.05. The molecule has 0 radical (unpaired) electrons. The lowest BCUT2D eigenvalue weighted by Gasteiger charge is -2.13. The average molecular weight is 379 g/mol. The quantitative estimate of drug-likeness (QED) is 0.343. The molecule has 0 aromatic carbocycles. The molecule has 0 aliphatic carbocycles. The largest absolute Gasteiger partial charge is 0.379 e. The minimum atomic E-state index is -0.432.